The maximum Gasteiger partial charge on any atom is 0.148 e. The minimum absolute atomic E-state index is 0.151. The fraction of sp³-hybridized carbons (Fsp3) is 0.250. The van der Waals surface area contributed by atoms with Crippen LogP contribution in [0.5, 0.6) is 5.75 Å². The number of imidazole rings is 1. The average molecular weight is 411 g/mol. The first-order valence-electron chi connectivity index (χ1n) is 10.8. The molecule has 0 fully saturated rings. The van der Waals surface area contributed by atoms with Gasteiger partial charge in [0, 0.05) is 6.54 Å². The van der Waals surface area contributed by atoms with Crippen LogP contribution in [0.2, 0.25) is 0 Å². The van der Waals surface area contributed by atoms with E-state index in [9.17, 15) is 0 Å². The Bertz CT molecular complexity index is 1180. The Balaban J connectivity index is 1.63. The summed E-state index contributed by atoms with van der Waals surface area (Å²) in [4.78, 5) is 4.87. The van der Waals surface area contributed by atoms with Gasteiger partial charge < -0.3 is 9.30 Å². The van der Waals surface area contributed by atoms with Gasteiger partial charge in [0.05, 0.1) is 11.0 Å². The molecule has 0 amide bonds. The highest BCUT2D eigenvalue weighted by Gasteiger charge is 2.15. The first-order chi connectivity index (χ1) is 15.0. The molecule has 0 saturated carbocycles. The summed E-state index contributed by atoms with van der Waals surface area (Å²) in [5, 5.41) is 0. The lowest BCUT2D eigenvalue weighted by Gasteiger charge is -2.19. The van der Waals surface area contributed by atoms with Gasteiger partial charge in [-0.1, -0.05) is 81.4 Å². The van der Waals surface area contributed by atoms with E-state index >= 15 is 0 Å². The predicted octanol–water partition coefficient (Wildman–Crippen LogP) is 6.69. The predicted molar refractivity (Wildman–Crippen MR) is 129 cm³/mol. The van der Waals surface area contributed by atoms with Gasteiger partial charge in [-0.05, 0) is 46.7 Å². The maximum atomic E-state index is 6.22. The third-order valence-corrected chi connectivity index (χ3v) is 5.59. The summed E-state index contributed by atoms with van der Waals surface area (Å²) in [6, 6.07) is 25.3. The van der Waals surface area contributed by atoms with E-state index in [1.165, 1.54) is 11.1 Å². The molecule has 1 heterocycles. The molecule has 158 valence electrons. The van der Waals surface area contributed by atoms with Crippen LogP contribution in [0.15, 0.2) is 85.5 Å². The van der Waals surface area contributed by atoms with E-state index in [0.29, 0.717) is 6.61 Å². The van der Waals surface area contributed by atoms with Crippen molar-refractivity contribution >= 4 is 11.0 Å². The Labute approximate surface area is 185 Å². The molecule has 0 radical (unpaired) electrons. The lowest BCUT2D eigenvalue weighted by molar-refractivity contribution is 0.289. The molecule has 4 rings (SSSR count). The molecule has 0 saturated heterocycles. The smallest absolute Gasteiger partial charge is 0.148 e. The van der Waals surface area contributed by atoms with Gasteiger partial charge in [0.25, 0.3) is 0 Å². The quantitative estimate of drug-likeness (QED) is 0.317. The Kier molecular flexibility index (Phi) is 5.94. The zero-order chi connectivity index (χ0) is 21.8. The summed E-state index contributed by atoms with van der Waals surface area (Å²) in [6.45, 7) is 11.8. The van der Waals surface area contributed by atoms with E-state index in [1.54, 1.807) is 0 Å². The van der Waals surface area contributed by atoms with Crippen LogP contribution >= 0.6 is 0 Å². The van der Waals surface area contributed by atoms with Crippen molar-refractivity contribution in [3.63, 3.8) is 0 Å². The number of benzene rings is 3. The SMILES string of the molecule is C=CCc1ccccc1OCc1nc2ccccc2n1Cc1ccc(C(C)(C)C)cc1. The molecule has 31 heavy (non-hydrogen) atoms. The Morgan fingerprint density at radius 2 is 1.65 bits per heavy atom. The van der Waals surface area contributed by atoms with Gasteiger partial charge in [-0.2, -0.15) is 0 Å². The van der Waals surface area contributed by atoms with Crippen LogP contribution in [-0.2, 0) is 25.0 Å². The van der Waals surface area contributed by atoms with Crippen molar-refractivity contribution in [1.82, 2.24) is 9.55 Å². The molecular formula is C28H30N2O. The normalized spacial score (nSPS) is 11.6. The standard InChI is InChI=1S/C28H30N2O/c1-5-10-22-11-6-9-14-26(22)31-20-27-29-24-12-7-8-13-25(24)30(27)19-21-15-17-23(18-16-21)28(2,3)4/h5-9,11-18H,1,10,19-20H2,2-4H3. The Morgan fingerprint density at radius 3 is 2.39 bits per heavy atom. The van der Waals surface area contributed by atoms with Crippen molar-refractivity contribution in [2.75, 3.05) is 0 Å². The van der Waals surface area contributed by atoms with Crippen molar-refractivity contribution in [2.24, 2.45) is 0 Å². The molecule has 3 nitrogen and oxygen atoms in total. The number of hydrogen-bond acceptors (Lipinski definition) is 2. The van der Waals surface area contributed by atoms with Gasteiger partial charge in [0.2, 0.25) is 0 Å². The monoisotopic (exact) mass is 410 g/mol. The van der Waals surface area contributed by atoms with Crippen LogP contribution in [-0.4, -0.2) is 9.55 Å². The zero-order valence-electron chi connectivity index (χ0n) is 18.6. The van der Waals surface area contributed by atoms with Crippen LogP contribution in [0.25, 0.3) is 11.0 Å². The largest absolute Gasteiger partial charge is 0.485 e. The van der Waals surface area contributed by atoms with Gasteiger partial charge in [0.15, 0.2) is 0 Å². The molecule has 0 N–H and O–H groups in total. The van der Waals surface area contributed by atoms with Crippen LogP contribution in [0.3, 0.4) is 0 Å². The van der Waals surface area contributed by atoms with E-state index in [4.69, 9.17) is 9.72 Å². The van der Waals surface area contributed by atoms with E-state index in [-0.39, 0.29) is 5.41 Å². The highest BCUT2D eigenvalue weighted by molar-refractivity contribution is 5.76. The molecule has 0 unspecified atom stereocenters. The minimum Gasteiger partial charge on any atom is -0.485 e. The van der Waals surface area contributed by atoms with Crippen molar-refractivity contribution in [3.8, 4) is 5.75 Å². The molecular weight excluding hydrogens is 380 g/mol. The van der Waals surface area contributed by atoms with E-state index in [1.807, 2.05) is 30.3 Å². The van der Waals surface area contributed by atoms with E-state index in [0.717, 1.165) is 41.1 Å². The number of nitrogens with zero attached hydrogens (tertiary/aromatic N) is 2. The van der Waals surface area contributed by atoms with E-state index in [2.05, 4.69) is 80.4 Å². The average Bonchev–Trinajstić information content (AvgIpc) is 3.10. The van der Waals surface area contributed by atoms with Crippen molar-refractivity contribution in [1.29, 1.82) is 0 Å². The fourth-order valence-electron chi connectivity index (χ4n) is 3.82. The number of para-hydroxylation sites is 3. The first kappa shape index (κ1) is 20.9. The molecule has 4 aromatic rings. The second-order valence-electron chi connectivity index (χ2n) is 8.94. The molecule has 0 aliphatic heterocycles. The maximum absolute atomic E-state index is 6.22. The molecule has 0 aliphatic rings. The first-order valence-corrected chi connectivity index (χ1v) is 10.8. The lowest BCUT2D eigenvalue weighted by atomic mass is 9.87. The van der Waals surface area contributed by atoms with Crippen LogP contribution in [0.4, 0.5) is 0 Å². The van der Waals surface area contributed by atoms with Crippen molar-refractivity contribution in [3.05, 3.63) is 108 Å². The highest BCUT2D eigenvalue weighted by Crippen LogP contribution is 2.25. The summed E-state index contributed by atoms with van der Waals surface area (Å²) in [6.07, 6.45) is 2.69. The number of ether oxygens (including phenoxy) is 1. The minimum atomic E-state index is 0.151. The number of hydrogen-bond donors (Lipinski definition) is 0. The third kappa shape index (κ3) is 4.72. The Hall–Kier alpha value is -3.33. The van der Waals surface area contributed by atoms with Crippen LogP contribution < -0.4 is 4.74 Å². The molecule has 3 heteroatoms. The van der Waals surface area contributed by atoms with Gasteiger partial charge in [-0.25, -0.2) is 4.98 Å². The fourth-order valence-corrected chi connectivity index (χ4v) is 3.82. The summed E-state index contributed by atoms with van der Waals surface area (Å²) in [5.74, 6) is 1.81. The van der Waals surface area contributed by atoms with Crippen molar-refractivity contribution in [2.45, 2.75) is 45.8 Å². The molecule has 0 aliphatic carbocycles. The summed E-state index contributed by atoms with van der Waals surface area (Å²) in [5.41, 5.74) is 6.00. The topological polar surface area (TPSA) is 27.1 Å². The second-order valence-corrected chi connectivity index (χ2v) is 8.94. The second kappa shape index (κ2) is 8.81. The molecule has 0 atom stereocenters. The van der Waals surface area contributed by atoms with E-state index < -0.39 is 0 Å². The lowest BCUT2D eigenvalue weighted by Crippen LogP contribution is -2.12. The third-order valence-electron chi connectivity index (χ3n) is 5.59. The molecule has 3 aromatic carbocycles. The highest BCUT2D eigenvalue weighted by atomic mass is 16.5. The number of aromatic nitrogens is 2. The Morgan fingerprint density at radius 1 is 0.935 bits per heavy atom. The van der Waals surface area contributed by atoms with Gasteiger partial charge in [-0.3, -0.25) is 0 Å². The number of allylic oxidation sites excluding steroid dienone is 1. The van der Waals surface area contributed by atoms with Gasteiger partial charge in [-0.15, -0.1) is 6.58 Å². The molecule has 1 aromatic heterocycles. The summed E-state index contributed by atoms with van der Waals surface area (Å²) < 4.78 is 8.48. The van der Waals surface area contributed by atoms with Crippen LogP contribution in [0.1, 0.15) is 43.3 Å². The number of rotatable bonds is 7. The van der Waals surface area contributed by atoms with Gasteiger partial charge >= 0.3 is 0 Å². The number of fused-ring (bicyclic) bond motifs is 1. The summed E-state index contributed by atoms with van der Waals surface area (Å²) >= 11 is 0. The van der Waals surface area contributed by atoms with Crippen molar-refractivity contribution < 1.29 is 4.74 Å². The zero-order valence-corrected chi connectivity index (χ0v) is 18.6. The molecule has 0 spiro atoms. The van der Waals surface area contributed by atoms with Gasteiger partial charge in [0.1, 0.15) is 18.2 Å². The van der Waals surface area contributed by atoms with Crippen LogP contribution in [0, 0.1) is 0 Å². The summed E-state index contributed by atoms with van der Waals surface area (Å²) in [7, 11) is 0. The molecule has 0 bridgehead atoms.